The summed E-state index contributed by atoms with van der Waals surface area (Å²) in [6.07, 6.45) is 12.1. The Morgan fingerprint density at radius 3 is 2.43 bits per heavy atom. The molecule has 3 rings (SSSR count). The zero-order valence-electron chi connectivity index (χ0n) is 26.2. The molecule has 2 aromatic rings. The van der Waals surface area contributed by atoms with E-state index in [4.69, 9.17) is 15.2 Å². The number of carbonyl (C=O) groups is 1. The SMILES string of the molecule is C=C(N)c1cc(OC)c(CC(C(=C)OCC2CC2)N(C=O)CCC(C)C)cc1/C=C\C.CN(C)c1ncc(S(C)=O)s1. The van der Waals surface area contributed by atoms with E-state index in [1.807, 2.05) is 44.1 Å². The molecular formula is C32H48N4O4S2. The van der Waals surface area contributed by atoms with E-state index in [-0.39, 0.29) is 6.04 Å². The van der Waals surface area contributed by atoms with Gasteiger partial charge in [-0.3, -0.25) is 9.00 Å². The van der Waals surface area contributed by atoms with Crippen molar-refractivity contribution in [2.24, 2.45) is 17.6 Å². The van der Waals surface area contributed by atoms with E-state index in [9.17, 15) is 9.00 Å². The number of hydrogen-bond acceptors (Lipinski definition) is 8. The van der Waals surface area contributed by atoms with Crippen LogP contribution in [0.15, 0.2) is 47.5 Å². The lowest BCUT2D eigenvalue weighted by Gasteiger charge is -2.31. The second kappa shape index (κ2) is 17.1. The highest BCUT2D eigenvalue weighted by Gasteiger charge is 2.27. The fraction of sp³-hybridized carbons (Fsp3) is 0.500. The molecule has 0 saturated heterocycles. The minimum absolute atomic E-state index is 0.269. The third-order valence-electron chi connectivity index (χ3n) is 6.77. The second-order valence-electron chi connectivity index (χ2n) is 11.1. The van der Waals surface area contributed by atoms with Gasteiger partial charge in [-0.15, -0.1) is 0 Å². The minimum Gasteiger partial charge on any atom is -0.496 e. The quantitative estimate of drug-likeness (QED) is 0.184. The third kappa shape index (κ3) is 10.9. The summed E-state index contributed by atoms with van der Waals surface area (Å²) in [6, 6.07) is 3.70. The summed E-state index contributed by atoms with van der Waals surface area (Å²) >= 11 is 1.46. The van der Waals surface area contributed by atoms with Gasteiger partial charge in [0.25, 0.3) is 0 Å². The molecule has 0 radical (unpaired) electrons. The number of aromatic nitrogens is 1. The largest absolute Gasteiger partial charge is 0.496 e. The number of anilines is 1. The van der Waals surface area contributed by atoms with Gasteiger partial charge in [0, 0.05) is 44.6 Å². The summed E-state index contributed by atoms with van der Waals surface area (Å²) < 4.78 is 23.5. The minimum atomic E-state index is -0.895. The molecular weight excluding hydrogens is 569 g/mol. The molecule has 1 fully saturated rings. The first-order chi connectivity index (χ1) is 19.9. The molecule has 0 aliphatic heterocycles. The molecule has 1 aliphatic rings. The maximum atomic E-state index is 12.0. The maximum absolute atomic E-state index is 12.0. The van der Waals surface area contributed by atoms with Gasteiger partial charge in [-0.2, -0.15) is 0 Å². The third-order valence-corrected chi connectivity index (χ3v) is 9.36. The van der Waals surface area contributed by atoms with Crippen molar-refractivity contribution in [2.75, 3.05) is 45.5 Å². The Morgan fingerprint density at radius 1 is 1.29 bits per heavy atom. The molecule has 1 heterocycles. The molecule has 2 N–H and O–H groups in total. The smallest absolute Gasteiger partial charge is 0.210 e. The van der Waals surface area contributed by atoms with Crippen LogP contribution in [0.25, 0.3) is 11.8 Å². The Bertz CT molecular complexity index is 1250. The van der Waals surface area contributed by atoms with Gasteiger partial charge in [-0.05, 0) is 61.3 Å². The van der Waals surface area contributed by atoms with Crippen LogP contribution in [0.3, 0.4) is 0 Å². The molecule has 0 bridgehead atoms. The molecule has 1 aromatic heterocycles. The van der Waals surface area contributed by atoms with Crippen molar-refractivity contribution >= 4 is 45.5 Å². The van der Waals surface area contributed by atoms with Crippen molar-refractivity contribution in [3.8, 4) is 5.75 Å². The molecule has 10 heteroatoms. The zero-order chi connectivity index (χ0) is 31.4. The zero-order valence-corrected chi connectivity index (χ0v) is 27.9. The Labute approximate surface area is 258 Å². The average Bonchev–Trinajstić information content (AvgIpc) is 3.63. The normalized spacial score (nSPS) is 14.1. The highest BCUT2D eigenvalue weighted by Crippen LogP contribution is 2.32. The second-order valence-corrected chi connectivity index (χ2v) is 13.7. The summed E-state index contributed by atoms with van der Waals surface area (Å²) in [7, 11) is 4.58. The van der Waals surface area contributed by atoms with Gasteiger partial charge >= 0.3 is 0 Å². The monoisotopic (exact) mass is 616 g/mol. The lowest BCUT2D eigenvalue weighted by Crippen LogP contribution is -2.39. The number of carbonyl (C=O) groups excluding carboxylic acids is 1. The summed E-state index contributed by atoms with van der Waals surface area (Å²) in [6.45, 7) is 15.7. The van der Waals surface area contributed by atoms with Crippen LogP contribution >= 0.6 is 11.3 Å². The number of allylic oxidation sites excluding steroid dienone is 1. The van der Waals surface area contributed by atoms with Crippen LogP contribution in [-0.2, 0) is 26.8 Å². The average molecular weight is 617 g/mol. The number of hydrogen-bond donors (Lipinski definition) is 1. The number of amides is 1. The molecule has 232 valence electrons. The van der Waals surface area contributed by atoms with E-state index in [2.05, 4.69) is 38.1 Å². The predicted octanol–water partition coefficient (Wildman–Crippen LogP) is 5.96. The summed E-state index contributed by atoms with van der Waals surface area (Å²) in [5.41, 5.74) is 9.27. The lowest BCUT2D eigenvalue weighted by atomic mass is 9.95. The molecule has 1 amide bonds. The summed E-state index contributed by atoms with van der Waals surface area (Å²) in [5, 5.41) is 0.898. The van der Waals surface area contributed by atoms with E-state index in [0.29, 0.717) is 48.6 Å². The van der Waals surface area contributed by atoms with E-state index in [1.165, 1.54) is 24.2 Å². The number of ether oxygens (including phenoxy) is 2. The van der Waals surface area contributed by atoms with Gasteiger partial charge in [0.2, 0.25) is 6.41 Å². The molecule has 1 saturated carbocycles. The number of rotatable bonds is 16. The standard InChI is InChI=1S/C26H38N2O3.C6H10N2OS2/c1-7-8-22-13-23(26(30-6)15-24(22)19(4)27)14-25(20(5)31-16-21-9-10-21)28(17-29)12-11-18(2)3;1-8(2)6-7-4-5(10-6)11(3)9/h7-8,13,15,17-18,21,25H,4-5,9-12,14,16,27H2,1-3,6H3;4H,1-3H3/b8-7-;. The number of nitrogens with two attached hydrogens (primary N) is 1. The Morgan fingerprint density at radius 2 is 1.98 bits per heavy atom. The van der Waals surface area contributed by atoms with Crippen molar-refractivity contribution in [1.29, 1.82) is 0 Å². The fourth-order valence-electron chi connectivity index (χ4n) is 4.10. The van der Waals surface area contributed by atoms with Gasteiger partial charge in [-0.1, -0.05) is 50.5 Å². The van der Waals surface area contributed by atoms with E-state index < -0.39 is 10.8 Å². The number of benzene rings is 1. The van der Waals surface area contributed by atoms with Crippen LogP contribution in [0.4, 0.5) is 5.13 Å². The van der Waals surface area contributed by atoms with Crippen LogP contribution in [-0.4, -0.2) is 67.2 Å². The molecule has 8 nitrogen and oxygen atoms in total. The summed E-state index contributed by atoms with van der Waals surface area (Å²) in [5.74, 6) is 2.45. The van der Waals surface area contributed by atoms with Crippen LogP contribution in [0.2, 0.25) is 0 Å². The van der Waals surface area contributed by atoms with Crippen molar-refractivity contribution in [3.05, 3.63) is 60.0 Å². The lowest BCUT2D eigenvalue weighted by molar-refractivity contribution is -0.120. The number of methoxy groups -OCH3 is 1. The topological polar surface area (TPSA) is 98.0 Å². The van der Waals surface area contributed by atoms with Gasteiger partial charge in [0.05, 0.1) is 36.8 Å². The first-order valence-corrected chi connectivity index (χ1v) is 16.6. The van der Waals surface area contributed by atoms with Gasteiger partial charge < -0.3 is 25.0 Å². The number of nitrogens with zero attached hydrogens (tertiary/aromatic N) is 3. The highest BCUT2D eigenvalue weighted by atomic mass is 32.2. The first-order valence-electron chi connectivity index (χ1n) is 14.2. The van der Waals surface area contributed by atoms with Crippen LogP contribution in [0, 0.1) is 11.8 Å². The predicted molar refractivity (Wildman–Crippen MR) is 177 cm³/mol. The first kappa shape index (κ1) is 35.1. The highest BCUT2D eigenvalue weighted by molar-refractivity contribution is 7.86. The molecule has 42 heavy (non-hydrogen) atoms. The van der Waals surface area contributed by atoms with E-state index >= 15 is 0 Å². The molecule has 1 aliphatic carbocycles. The van der Waals surface area contributed by atoms with Gasteiger partial charge in [-0.25, -0.2) is 4.98 Å². The molecule has 1 aromatic carbocycles. The van der Waals surface area contributed by atoms with Crippen LogP contribution in [0.1, 0.15) is 56.7 Å². The van der Waals surface area contributed by atoms with E-state index in [1.54, 1.807) is 24.5 Å². The maximum Gasteiger partial charge on any atom is 0.210 e. The number of thiazole rings is 1. The Kier molecular flexibility index (Phi) is 14.3. The van der Waals surface area contributed by atoms with Crippen LogP contribution in [0.5, 0.6) is 5.75 Å². The van der Waals surface area contributed by atoms with Crippen molar-refractivity contribution in [3.63, 3.8) is 0 Å². The Balaban J connectivity index is 0.000000468. The molecule has 2 unspecified atom stereocenters. The Hall–Kier alpha value is -3.11. The van der Waals surface area contributed by atoms with Crippen molar-refractivity contribution in [1.82, 2.24) is 9.88 Å². The molecule has 0 spiro atoms. The fourth-order valence-corrected chi connectivity index (χ4v) is 5.57. The van der Waals surface area contributed by atoms with Gasteiger partial charge in [0.15, 0.2) is 5.13 Å². The van der Waals surface area contributed by atoms with Gasteiger partial charge in [0.1, 0.15) is 15.7 Å². The summed E-state index contributed by atoms with van der Waals surface area (Å²) in [4.78, 5) is 19.8. The van der Waals surface area contributed by atoms with E-state index in [0.717, 1.165) is 38.9 Å². The van der Waals surface area contributed by atoms with Crippen molar-refractivity contribution in [2.45, 2.75) is 56.7 Å². The van der Waals surface area contributed by atoms with Crippen molar-refractivity contribution < 1.29 is 18.5 Å². The molecule has 2 atom stereocenters. The van der Waals surface area contributed by atoms with Crippen LogP contribution < -0.4 is 15.4 Å².